The molecule has 0 aliphatic rings. The van der Waals surface area contributed by atoms with Gasteiger partial charge in [0, 0.05) is 11.9 Å². The summed E-state index contributed by atoms with van der Waals surface area (Å²) in [5.41, 5.74) is 2.25. The number of nitrogens with zero attached hydrogens (tertiary/aromatic N) is 1. The number of hydrogen-bond donors (Lipinski definition) is 1. The molecular weight excluding hydrogens is 196 g/mol. The molecule has 2 aromatic rings. The lowest BCUT2D eigenvalue weighted by Crippen LogP contribution is -1.91. The van der Waals surface area contributed by atoms with Crippen LogP contribution >= 0.6 is 0 Å². The van der Waals surface area contributed by atoms with Gasteiger partial charge in [-0.15, -0.1) is 0 Å². The van der Waals surface area contributed by atoms with Gasteiger partial charge in [-0.3, -0.25) is 0 Å². The van der Waals surface area contributed by atoms with Crippen LogP contribution in [0, 0.1) is 0 Å². The fraction of sp³-hybridized carbons (Fsp3) is 0.0714. The first-order valence-corrected chi connectivity index (χ1v) is 5.29. The maximum absolute atomic E-state index is 4.21. The van der Waals surface area contributed by atoms with Gasteiger partial charge in [0.2, 0.25) is 0 Å². The van der Waals surface area contributed by atoms with Crippen LogP contribution in [0.25, 0.3) is 6.08 Å². The molecule has 0 atom stereocenters. The lowest BCUT2D eigenvalue weighted by molar-refractivity contribution is 1.31. The van der Waals surface area contributed by atoms with Gasteiger partial charge in [-0.2, -0.15) is 0 Å². The molecule has 1 heterocycles. The van der Waals surface area contributed by atoms with Gasteiger partial charge in [-0.1, -0.05) is 30.4 Å². The Bertz CT molecular complexity index is 458. The summed E-state index contributed by atoms with van der Waals surface area (Å²) >= 11 is 0. The van der Waals surface area contributed by atoms with Crippen molar-refractivity contribution in [3.63, 3.8) is 0 Å². The maximum atomic E-state index is 4.21. The number of pyridine rings is 1. The Morgan fingerprint density at radius 3 is 2.50 bits per heavy atom. The van der Waals surface area contributed by atoms with E-state index in [0.717, 1.165) is 11.5 Å². The Hall–Kier alpha value is -2.09. The smallest absolute Gasteiger partial charge is 0.130 e. The number of anilines is 2. The maximum Gasteiger partial charge on any atom is 0.130 e. The molecule has 0 saturated carbocycles. The highest BCUT2D eigenvalue weighted by atomic mass is 15.0. The van der Waals surface area contributed by atoms with E-state index in [1.807, 2.05) is 43.3 Å². The third-order valence-electron chi connectivity index (χ3n) is 2.21. The van der Waals surface area contributed by atoms with Crippen LogP contribution in [0.3, 0.4) is 0 Å². The molecule has 0 amide bonds. The van der Waals surface area contributed by atoms with E-state index >= 15 is 0 Å². The SMILES string of the molecule is C/C=C/c1ccc(Nc2ccccn2)cc1. The Kier molecular flexibility index (Phi) is 3.34. The minimum Gasteiger partial charge on any atom is -0.340 e. The van der Waals surface area contributed by atoms with Crippen molar-refractivity contribution in [2.75, 3.05) is 5.32 Å². The van der Waals surface area contributed by atoms with E-state index < -0.39 is 0 Å². The summed E-state index contributed by atoms with van der Waals surface area (Å²) in [5, 5.41) is 3.24. The van der Waals surface area contributed by atoms with Crippen molar-refractivity contribution in [1.82, 2.24) is 4.98 Å². The van der Waals surface area contributed by atoms with Crippen LogP contribution < -0.4 is 5.32 Å². The zero-order valence-corrected chi connectivity index (χ0v) is 9.22. The van der Waals surface area contributed by atoms with Gasteiger partial charge >= 0.3 is 0 Å². The second kappa shape index (κ2) is 5.12. The number of allylic oxidation sites excluding steroid dienone is 1. The van der Waals surface area contributed by atoms with Crippen molar-refractivity contribution in [3.05, 3.63) is 60.3 Å². The summed E-state index contributed by atoms with van der Waals surface area (Å²) in [7, 11) is 0. The normalized spacial score (nSPS) is 10.6. The lowest BCUT2D eigenvalue weighted by Gasteiger charge is -2.04. The standard InChI is InChI=1S/C14H14N2/c1-2-5-12-7-9-13(10-8-12)16-14-6-3-4-11-15-14/h2-11H,1H3,(H,15,16)/b5-2+. The molecule has 1 aromatic heterocycles. The van der Waals surface area contributed by atoms with Crippen molar-refractivity contribution < 1.29 is 0 Å². The van der Waals surface area contributed by atoms with Crippen LogP contribution in [0.2, 0.25) is 0 Å². The van der Waals surface area contributed by atoms with E-state index in [1.165, 1.54) is 5.56 Å². The van der Waals surface area contributed by atoms with E-state index in [1.54, 1.807) is 6.20 Å². The summed E-state index contributed by atoms with van der Waals surface area (Å²) in [6.45, 7) is 2.01. The van der Waals surface area contributed by atoms with Crippen LogP contribution in [0.5, 0.6) is 0 Å². The molecule has 80 valence electrons. The van der Waals surface area contributed by atoms with Crippen molar-refractivity contribution in [1.29, 1.82) is 0 Å². The molecule has 0 aliphatic heterocycles. The summed E-state index contributed by atoms with van der Waals surface area (Å²) in [5.74, 6) is 0.862. The Labute approximate surface area is 95.7 Å². The van der Waals surface area contributed by atoms with Crippen molar-refractivity contribution in [2.45, 2.75) is 6.92 Å². The fourth-order valence-corrected chi connectivity index (χ4v) is 1.45. The van der Waals surface area contributed by atoms with E-state index in [9.17, 15) is 0 Å². The highest BCUT2D eigenvalue weighted by molar-refractivity contribution is 5.59. The molecule has 0 radical (unpaired) electrons. The third kappa shape index (κ3) is 2.70. The molecule has 0 unspecified atom stereocenters. The van der Waals surface area contributed by atoms with Gasteiger partial charge in [-0.25, -0.2) is 4.98 Å². The highest BCUT2D eigenvalue weighted by Gasteiger charge is 1.93. The zero-order chi connectivity index (χ0) is 11.2. The number of rotatable bonds is 3. The van der Waals surface area contributed by atoms with Gasteiger partial charge in [0.1, 0.15) is 5.82 Å². The van der Waals surface area contributed by atoms with Gasteiger partial charge in [0.05, 0.1) is 0 Å². The van der Waals surface area contributed by atoms with E-state index in [4.69, 9.17) is 0 Å². The molecule has 2 nitrogen and oxygen atoms in total. The molecule has 1 aromatic carbocycles. The predicted octanol–water partition coefficient (Wildman–Crippen LogP) is 3.86. The summed E-state index contributed by atoms with van der Waals surface area (Å²) < 4.78 is 0. The van der Waals surface area contributed by atoms with Crippen molar-refractivity contribution >= 4 is 17.6 Å². The average molecular weight is 210 g/mol. The Morgan fingerprint density at radius 2 is 1.88 bits per heavy atom. The number of nitrogens with one attached hydrogen (secondary N) is 1. The Morgan fingerprint density at radius 1 is 1.06 bits per heavy atom. The van der Waals surface area contributed by atoms with Crippen LogP contribution in [0.15, 0.2) is 54.7 Å². The summed E-state index contributed by atoms with van der Waals surface area (Å²) in [6.07, 6.45) is 5.88. The van der Waals surface area contributed by atoms with Gasteiger partial charge in [0.25, 0.3) is 0 Å². The largest absolute Gasteiger partial charge is 0.340 e. The molecule has 2 rings (SSSR count). The molecular formula is C14H14N2. The average Bonchev–Trinajstić information content (AvgIpc) is 2.33. The third-order valence-corrected chi connectivity index (χ3v) is 2.21. The minimum absolute atomic E-state index is 0.862. The quantitative estimate of drug-likeness (QED) is 0.832. The molecule has 0 saturated heterocycles. The number of benzene rings is 1. The number of hydrogen-bond acceptors (Lipinski definition) is 2. The minimum atomic E-state index is 0.862. The molecule has 0 bridgehead atoms. The van der Waals surface area contributed by atoms with Crippen LogP contribution in [0.1, 0.15) is 12.5 Å². The van der Waals surface area contributed by atoms with Crippen molar-refractivity contribution in [2.24, 2.45) is 0 Å². The summed E-state index contributed by atoms with van der Waals surface area (Å²) in [6, 6.07) is 14.0. The van der Waals surface area contributed by atoms with Gasteiger partial charge in [-0.05, 0) is 36.8 Å². The van der Waals surface area contributed by atoms with Crippen LogP contribution in [-0.4, -0.2) is 4.98 Å². The molecule has 0 fully saturated rings. The van der Waals surface area contributed by atoms with Gasteiger partial charge < -0.3 is 5.32 Å². The topological polar surface area (TPSA) is 24.9 Å². The lowest BCUT2D eigenvalue weighted by atomic mass is 10.2. The zero-order valence-electron chi connectivity index (χ0n) is 9.22. The molecule has 0 aliphatic carbocycles. The first-order chi connectivity index (χ1) is 7.88. The molecule has 0 spiro atoms. The monoisotopic (exact) mass is 210 g/mol. The predicted molar refractivity (Wildman–Crippen MR) is 68.7 cm³/mol. The highest BCUT2D eigenvalue weighted by Crippen LogP contribution is 2.15. The summed E-state index contributed by atoms with van der Waals surface area (Å²) in [4.78, 5) is 4.21. The molecule has 2 heteroatoms. The first kappa shape index (κ1) is 10.4. The number of aromatic nitrogens is 1. The van der Waals surface area contributed by atoms with E-state index in [0.29, 0.717) is 0 Å². The van der Waals surface area contributed by atoms with E-state index in [2.05, 4.69) is 28.5 Å². The van der Waals surface area contributed by atoms with Crippen LogP contribution in [0.4, 0.5) is 11.5 Å². The van der Waals surface area contributed by atoms with Crippen molar-refractivity contribution in [3.8, 4) is 0 Å². The van der Waals surface area contributed by atoms with E-state index in [-0.39, 0.29) is 0 Å². The first-order valence-electron chi connectivity index (χ1n) is 5.29. The molecule has 16 heavy (non-hydrogen) atoms. The second-order valence-electron chi connectivity index (χ2n) is 3.46. The molecule has 1 N–H and O–H groups in total. The second-order valence-corrected chi connectivity index (χ2v) is 3.46. The fourth-order valence-electron chi connectivity index (χ4n) is 1.45. The van der Waals surface area contributed by atoms with Gasteiger partial charge in [0.15, 0.2) is 0 Å². The Balaban J connectivity index is 2.11. The van der Waals surface area contributed by atoms with Crippen LogP contribution in [-0.2, 0) is 0 Å².